The van der Waals surface area contributed by atoms with E-state index in [0.29, 0.717) is 37.6 Å². The van der Waals surface area contributed by atoms with E-state index in [1.54, 1.807) is 0 Å². The van der Waals surface area contributed by atoms with Crippen LogP contribution in [0.15, 0.2) is 12.2 Å². The molecule has 0 aromatic carbocycles. The van der Waals surface area contributed by atoms with Gasteiger partial charge in [-0.25, -0.2) is 0 Å². The van der Waals surface area contributed by atoms with Crippen LogP contribution in [0.2, 0.25) is 0 Å². The van der Waals surface area contributed by atoms with E-state index in [4.69, 9.17) is 4.74 Å². The number of unbranched alkanes of at least 4 members (excludes halogenated alkanes) is 2. The van der Waals surface area contributed by atoms with E-state index in [0.717, 1.165) is 32.1 Å². The van der Waals surface area contributed by atoms with Crippen LogP contribution >= 0.6 is 0 Å². The molecule has 20 heavy (non-hydrogen) atoms. The number of carbonyl (C=O) groups excluding carboxylic acids is 2. The van der Waals surface area contributed by atoms with Crippen LogP contribution in [-0.4, -0.2) is 18.4 Å². The van der Waals surface area contributed by atoms with Gasteiger partial charge in [-0.15, -0.1) is 0 Å². The van der Waals surface area contributed by atoms with Crippen LogP contribution in [-0.2, 0) is 14.3 Å². The second-order valence-corrected chi connectivity index (χ2v) is 5.76. The van der Waals surface area contributed by atoms with Gasteiger partial charge in [0, 0.05) is 19.3 Å². The summed E-state index contributed by atoms with van der Waals surface area (Å²) in [6.45, 7) is 4.63. The third-order valence-corrected chi connectivity index (χ3v) is 3.97. The maximum Gasteiger partial charge on any atom is 0.306 e. The molecule has 2 unspecified atom stereocenters. The predicted molar refractivity (Wildman–Crippen MR) is 80.4 cm³/mol. The summed E-state index contributed by atoms with van der Waals surface area (Å²) in [6, 6.07) is 0. The molecular weight excluding hydrogens is 252 g/mol. The molecule has 1 aliphatic rings. The first-order chi connectivity index (χ1) is 9.67. The Bertz CT molecular complexity index is 333. The van der Waals surface area contributed by atoms with Gasteiger partial charge in [-0.1, -0.05) is 45.3 Å². The molecule has 1 fully saturated rings. The van der Waals surface area contributed by atoms with Gasteiger partial charge in [-0.2, -0.15) is 0 Å². The molecule has 0 bridgehead atoms. The fraction of sp³-hybridized carbons (Fsp3) is 0.765. The highest BCUT2D eigenvalue weighted by molar-refractivity contribution is 5.82. The fourth-order valence-corrected chi connectivity index (χ4v) is 2.81. The van der Waals surface area contributed by atoms with Crippen LogP contribution in [0.1, 0.15) is 65.2 Å². The lowest BCUT2D eigenvalue weighted by atomic mass is 9.89. The number of rotatable bonds is 9. The largest absolute Gasteiger partial charge is 0.461 e. The minimum absolute atomic E-state index is 0.160. The van der Waals surface area contributed by atoms with Gasteiger partial charge >= 0.3 is 5.97 Å². The fourth-order valence-electron chi connectivity index (χ4n) is 2.81. The number of hydrogen-bond acceptors (Lipinski definition) is 3. The smallest absolute Gasteiger partial charge is 0.306 e. The SMILES string of the molecule is CCCC=CCOC(=O)CC1CC(=O)CC1CCCC. The zero-order chi connectivity index (χ0) is 14.8. The van der Waals surface area contributed by atoms with Crippen LogP contribution in [0, 0.1) is 11.8 Å². The molecule has 3 nitrogen and oxygen atoms in total. The van der Waals surface area contributed by atoms with E-state index < -0.39 is 0 Å². The molecule has 0 aromatic heterocycles. The maximum atomic E-state index is 11.8. The molecule has 1 rings (SSSR count). The van der Waals surface area contributed by atoms with Crippen molar-refractivity contribution in [2.24, 2.45) is 11.8 Å². The second-order valence-electron chi connectivity index (χ2n) is 5.76. The van der Waals surface area contributed by atoms with Crippen LogP contribution in [0.5, 0.6) is 0 Å². The minimum Gasteiger partial charge on any atom is -0.461 e. The molecule has 0 heterocycles. The first-order valence-electron chi connectivity index (χ1n) is 7.99. The summed E-state index contributed by atoms with van der Waals surface area (Å²) in [5.74, 6) is 0.755. The molecule has 0 N–H and O–H groups in total. The van der Waals surface area contributed by atoms with Gasteiger partial charge in [0.05, 0.1) is 0 Å². The minimum atomic E-state index is -0.160. The zero-order valence-electron chi connectivity index (χ0n) is 12.9. The number of ketones is 1. The second kappa shape index (κ2) is 9.73. The Kier molecular flexibility index (Phi) is 8.24. The van der Waals surface area contributed by atoms with Crippen LogP contribution in [0.3, 0.4) is 0 Å². The summed E-state index contributed by atoms with van der Waals surface area (Å²) in [5, 5.41) is 0. The Hall–Kier alpha value is -1.12. The molecular formula is C17H28O3. The van der Waals surface area contributed by atoms with Crippen molar-refractivity contribution in [1.82, 2.24) is 0 Å². The molecule has 114 valence electrons. The van der Waals surface area contributed by atoms with E-state index in [1.807, 2.05) is 12.2 Å². The molecule has 3 heteroatoms. The van der Waals surface area contributed by atoms with E-state index in [9.17, 15) is 9.59 Å². The van der Waals surface area contributed by atoms with Crippen LogP contribution in [0.25, 0.3) is 0 Å². The maximum absolute atomic E-state index is 11.8. The molecule has 2 atom stereocenters. The van der Waals surface area contributed by atoms with Crippen LogP contribution in [0.4, 0.5) is 0 Å². The van der Waals surface area contributed by atoms with Crippen LogP contribution < -0.4 is 0 Å². The van der Waals surface area contributed by atoms with E-state index >= 15 is 0 Å². The molecule has 1 saturated carbocycles. The van der Waals surface area contributed by atoms with Crippen molar-refractivity contribution in [1.29, 1.82) is 0 Å². The van der Waals surface area contributed by atoms with Crippen molar-refractivity contribution < 1.29 is 14.3 Å². The van der Waals surface area contributed by atoms with Gasteiger partial charge in [-0.05, 0) is 24.7 Å². The number of allylic oxidation sites excluding steroid dienone is 1. The highest BCUT2D eigenvalue weighted by Gasteiger charge is 2.33. The first-order valence-corrected chi connectivity index (χ1v) is 7.99. The molecule has 0 aromatic rings. The summed E-state index contributed by atoms with van der Waals surface area (Å²) in [4.78, 5) is 23.4. The third-order valence-electron chi connectivity index (χ3n) is 3.97. The summed E-state index contributed by atoms with van der Waals surface area (Å²) >= 11 is 0. The monoisotopic (exact) mass is 280 g/mol. The van der Waals surface area contributed by atoms with Crippen molar-refractivity contribution >= 4 is 11.8 Å². The first kappa shape index (κ1) is 16.9. The summed E-state index contributed by atoms with van der Waals surface area (Å²) in [7, 11) is 0. The number of Topliss-reactive ketones (excluding diaryl/α,β-unsaturated/α-hetero) is 1. The lowest BCUT2D eigenvalue weighted by molar-refractivity contribution is -0.143. The highest BCUT2D eigenvalue weighted by Crippen LogP contribution is 2.35. The van der Waals surface area contributed by atoms with Gasteiger partial charge < -0.3 is 4.74 Å². The Morgan fingerprint density at radius 3 is 2.65 bits per heavy atom. The molecule has 0 radical (unpaired) electrons. The summed E-state index contributed by atoms with van der Waals surface area (Å²) in [5.41, 5.74) is 0. The van der Waals surface area contributed by atoms with Gasteiger partial charge in [0.2, 0.25) is 0 Å². The van der Waals surface area contributed by atoms with Crippen molar-refractivity contribution in [2.75, 3.05) is 6.61 Å². The topological polar surface area (TPSA) is 43.4 Å². The summed E-state index contributed by atoms with van der Waals surface area (Å²) < 4.78 is 5.20. The van der Waals surface area contributed by atoms with E-state index in [2.05, 4.69) is 13.8 Å². The van der Waals surface area contributed by atoms with E-state index in [1.165, 1.54) is 0 Å². The summed E-state index contributed by atoms with van der Waals surface area (Å²) in [6.07, 6.45) is 11.0. The predicted octanol–water partition coefficient (Wildman–Crippen LogP) is 4.06. The third kappa shape index (κ3) is 6.36. The van der Waals surface area contributed by atoms with Crippen molar-refractivity contribution in [3.8, 4) is 0 Å². The van der Waals surface area contributed by atoms with Crippen molar-refractivity contribution in [3.63, 3.8) is 0 Å². The molecule has 0 spiro atoms. The Morgan fingerprint density at radius 2 is 1.95 bits per heavy atom. The lowest BCUT2D eigenvalue weighted by Crippen LogP contribution is -2.15. The average molecular weight is 280 g/mol. The van der Waals surface area contributed by atoms with Crippen molar-refractivity contribution in [3.05, 3.63) is 12.2 Å². The van der Waals surface area contributed by atoms with E-state index in [-0.39, 0.29) is 11.9 Å². The number of carbonyl (C=O) groups is 2. The highest BCUT2D eigenvalue weighted by atomic mass is 16.5. The van der Waals surface area contributed by atoms with Crippen molar-refractivity contribution in [2.45, 2.75) is 65.2 Å². The Balaban J connectivity index is 2.29. The van der Waals surface area contributed by atoms with Gasteiger partial charge in [0.25, 0.3) is 0 Å². The standard InChI is InChI=1S/C17H28O3/c1-3-5-7-8-10-20-17(19)13-15-12-16(18)11-14(15)9-6-4-2/h7-8,14-15H,3-6,9-13H2,1-2H3. The molecule has 0 aliphatic heterocycles. The molecule has 0 amide bonds. The average Bonchev–Trinajstić information content (AvgIpc) is 2.76. The molecule has 1 aliphatic carbocycles. The van der Waals surface area contributed by atoms with Gasteiger partial charge in [0.15, 0.2) is 0 Å². The lowest BCUT2D eigenvalue weighted by Gasteiger charge is -2.17. The number of ether oxygens (including phenoxy) is 1. The normalized spacial score (nSPS) is 22.6. The Labute approximate surface area is 122 Å². The van der Waals surface area contributed by atoms with Gasteiger partial charge in [0.1, 0.15) is 12.4 Å². The Morgan fingerprint density at radius 1 is 1.20 bits per heavy atom. The molecule has 0 saturated heterocycles. The quantitative estimate of drug-likeness (QED) is 0.472. The van der Waals surface area contributed by atoms with Gasteiger partial charge in [-0.3, -0.25) is 9.59 Å². The number of hydrogen-bond donors (Lipinski definition) is 0. The number of esters is 1. The zero-order valence-corrected chi connectivity index (χ0v) is 12.9.